The number of nitrogens with zero attached hydrogens (tertiary/aromatic N) is 4. The van der Waals surface area contributed by atoms with Gasteiger partial charge in [-0.3, -0.25) is 4.79 Å². The van der Waals surface area contributed by atoms with E-state index in [1.807, 2.05) is 11.1 Å². The van der Waals surface area contributed by atoms with Crippen LogP contribution in [0.25, 0.3) is 0 Å². The summed E-state index contributed by atoms with van der Waals surface area (Å²) in [4.78, 5) is 22.8. The van der Waals surface area contributed by atoms with Crippen molar-refractivity contribution in [1.29, 1.82) is 0 Å². The van der Waals surface area contributed by atoms with Gasteiger partial charge in [0.2, 0.25) is 5.76 Å². The molecule has 0 atom stereocenters. The number of carbonyl (C=O) groups is 1. The van der Waals surface area contributed by atoms with Crippen LogP contribution < -0.4 is 0 Å². The second-order valence-electron chi connectivity index (χ2n) is 6.69. The van der Waals surface area contributed by atoms with E-state index in [0.29, 0.717) is 24.0 Å². The van der Waals surface area contributed by atoms with Gasteiger partial charge >= 0.3 is 0 Å². The largest absolute Gasteiger partial charge is 0.438 e. The van der Waals surface area contributed by atoms with Gasteiger partial charge in [-0.1, -0.05) is 0 Å². The van der Waals surface area contributed by atoms with Gasteiger partial charge in [0.15, 0.2) is 6.39 Å². The van der Waals surface area contributed by atoms with Crippen molar-refractivity contribution in [2.45, 2.75) is 46.3 Å². The first kappa shape index (κ1) is 17.7. The molecule has 0 aliphatic carbocycles. The molecule has 7 heteroatoms. The van der Waals surface area contributed by atoms with E-state index in [1.54, 1.807) is 14.0 Å². The zero-order valence-electron chi connectivity index (χ0n) is 15.2. The molecule has 0 unspecified atom stereocenters. The highest BCUT2D eigenvalue weighted by Gasteiger charge is 2.26. The molecular formula is C18H26N4O3. The third kappa shape index (κ3) is 3.92. The van der Waals surface area contributed by atoms with Crippen LogP contribution in [0.3, 0.4) is 0 Å². The van der Waals surface area contributed by atoms with Gasteiger partial charge < -0.3 is 18.6 Å². The SMILES string of the molecule is COCc1ncc(C)n1CCC1CCN(C(=O)c2ocnc2C)CC1. The zero-order chi connectivity index (χ0) is 17.8. The Labute approximate surface area is 148 Å². The number of imidazole rings is 1. The van der Waals surface area contributed by atoms with E-state index in [9.17, 15) is 4.79 Å². The molecule has 2 aromatic rings. The lowest BCUT2D eigenvalue weighted by Gasteiger charge is -2.31. The number of carbonyl (C=O) groups excluding carboxylic acids is 1. The molecule has 1 saturated heterocycles. The van der Waals surface area contributed by atoms with Gasteiger partial charge in [-0.15, -0.1) is 0 Å². The molecule has 2 aromatic heterocycles. The summed E-state index contributed by atoms with van der Waals surface area (Å²) in [7, 11) is 1.69. The topological polar surface area (TPSA) is 73.4 Å². The molecule has 1 amide bonds. The molecule has 7 nitrogen and oxygen atoms in total. The summed E-state index contributed by atoms with van der Waals surface area (Å²) >= 11 is 0. The van der Waals surface area contributed by atoms with E-state index in [0.717, 1.165) is 44.7 Å². The van der Waals surface area contributed by atoms with Crippen LogP contribution in [0.1, 0.15) is 47.0 Å². The van der Waals surface area contributed by atoms with Crippen molar-refractivity contribution in [3.05, 3.63) is 35.6 Å². The van der Waals surface area contributed by atoms with E-state index in [4.69, 9.17) is 9.15 Å². The first-order valence-corrected chi connectivity index (χ1v) is 8.79. The average molecular weight is 346 g/mol. The summed E-state index contributed by atoms with van der Waals surface area (Å²) in [6, 6.07) is 0. The lowest BCUT2D eigenvalue weighted by molar-refractivity contribution is 0.0651. The van der Waals surface area contributed by atoms with E-state index < -0.39 is 0 Å². The van der Waals surface area contributed by atoms with Crippen LogP contribution in [-0.2, 0) is 17.9 Å². The van der Waals surface area contributed by atoms with E-state index >= 15 is 0 Å². The minimum Gasteiger partial charge on any atom is -0.438 e. The fourth-order valence-electron chi connectivity index (χ4n) is 3.45. The zero-order valence-corrected chi connectivity index (χ0v) is 15.2. The molecule has 1 aliphatic rings. The van der Waals surface area contributed by atoms with Gasteiger partial charge in [0, 0.05) is 38.6 Å². The third-order valence-corrected chi connectivity index (χ3v) is 5.01. The molecule has 0 saturated carbocycles. The highest BCUT2D eigenvalue weighted by molar-refractivity contribution is 5.92. The average Bonchev–Trinajstić information content (AvgIpc) is 3.19. The maximum atomic E-state index is 12.5. The maximum Gasteiger partial charge on any atom is 0.291 e. The first-order valence-electron chi connectivity index (χ1n) is 8.79. The van der Waals surface area contributed by atoms with Crippen molar-refractivity contribution in [3.8, 4) is 0 Å². The molecule has 25 heavy (non-hydrogen) atoms. The number of aromatic nitrogens is 3. The van der Waals surface area contributed by atoms with Crippen LogP contribution in [-0.4, -0.2) is 45.5 Å². The van der Waals surface area contributed by atoms with E-state index in [1.165, 1.54) is 12.1 Å². The Balaban J connectivity index is 1.51. The second-order valence-corrected chi connectivity index (χ2v) is 6.69. The Morgan fingerprint density at radius 2 is 2.08 bits per heavy atom. The number of methoxy groups -OCH3 is 1. The van der Waals surface area contributed by atoms with Crippen molar-refractivity contribution in [3.63, 3.8) is 0 Å². The highest BCUT2D eigenvalue weighted by Crippen LogP contribution is 2.23. The number of aryl methyl sites for hydroxylation is 2. The van der Waals surface area contributed by atoms with Gasteiger partial charge in [0.1, 0.15) is 12.4 Å². The molecule has 0 aromatic carbocycles. The molecule has 3 rings (SSSR count). The molecule has 3 heterocycles. The van der Waals surface area contributed by atoms with Crippen LogP contribution in [0.4, 0.5) is 0 Å². The fourth-order valence-corrected chi connectivity index (χ4v) is 3.45. The number of oxazole rings is 1. The maximum absolute atomic E-state index is 12.5. The molecule has 0 radical (unpaired) electrons. The van der Waals surface area contributed by atoms with Gasteiger partial charge in [0.25, 0.3) is 5.91 Å². The molecule has 0 bridgehead atoms. The van der Waals surface area contributed by atoms with E-state index in [2.05, 4.69) is 21.5 Å². The number of hydrogen-bond donors (Lipinski definition) is 0. The molecular weight excluding hydrogens is 320 g/mol. The summed E-state index contributed by atoms with van der Waals surface area (Å²) in [5.41, 5.74) is 1.83. The minimum absolute atomic E-state index is 0.0405. The smallest absolute Gasteiger partial charge is 0.291 e. The predicted molar refractivity (Wildman–Crippen MR) is 92.2 cm³/mol. The number of piperidine rings is 1. The van der Waals surface area contributed by atoms with Crippen molar-refractivity contribution in [1.82, 2.24) is 19.4 Å². The molecule has 0 N–H and O–H groups in total. The molecule has 0 spiro atoms. The Hall–Kier alpha value is -2.15. The summed E-state index contributed by atoms with van der Waals surface area (Å²) in [6.45, 7) is 6.92. The Morgan fingerprint density at radius 1 is 1.32 bits per heavy atom. The van der Waals surface area contributed by atoms with Gasteiger partial charge in [-0.05, 0) is 39.0 Å². The van der Waals surface area contributed by atoms with Gasteiger partial charge in [0.05, 0.1) is 5.69 Å². The minimum atomic E-state index is -0.0405. The standard InChI is InChI=1S/C18H26N4O3/c1-13-10-19-16(11-24-3)22(13)9-6-15-4-7-21(8-5-15)18(23)17-14(2)20-12-25-17/h10,12,15H,4-9,11H2,1-3H3. The summed E-state index contributed by atoms with van der Waals surface area (Å²) < 4.78 is 12.7. The fraction of sp³-hybridized carbons (Fsp3) is 0.611. The van der Waals surface area contributed by atoms with E-state index in [-0.39, 0.29) is 5.91 Å². The lowest BCUT2D eigenvalue weighted by atomic mass is 9.93. The molecule has 1 fully saturated rings. The predicted octanol–water partition coefficient (Wildman–Crippen LogP) is 2.58. The van der Waals surface area contributed by atoms with Gasteiger partial charge in [-0.25, -0.2) is 9.97 Å². The highest BCUT2D eigenvalue weighted by atomic mass is 16.5. The number of amides is 1. The first-order chi connectivity index (χ1) is 12.1. The van der Waals surface area contributed by atoms with Crippen molar-refractivity contribution in [2.75, 3.05) is 20.2 Å². The van der Waals surface area contributed by atoms with Crippen LogP contribution >= 0.6 is 0 Å². The molecule has 136 valence electrons. The van der Waals surface area contributed by atoms with Crippen LogP contribution in [0, 0.1) is 19.8 Å². The second kappa shape index (κ2) is 7.82. The number of ether oxygens (including phenoxy) is 1. The number of rotatable bonds is 6. The van der Waals surface area contributed by atoms with Crippen LogP contribution in [0.15, 0.2) is 17.0 Å². The lowest BCUT2D eigenvalue weighted by Crippen LogP contribution is -2.38. The van der Waals surface area contributed by atoms with Crippen LogP contribution in [0.5, 0.6) is 0 Å². The number of hydrogen-bond acceptors (Lipinski definition) is 5. The Kier molecular flexibility index (Phi) is 5.53. The molecule has 1 aliphatic heterocycles. The summed E-state index contributed by atoms with van der Waals surface area (Å²) in [6.07, 6.45) is 6.37. The van der Waals surface area contributed by atoms with Crippen LogP contribution in [0.2, 0.25) is 0 Å². The monoisotopic (exact) mass is 346 g/mol. The quantitative estimate of drug-likeness (QED) is 0.804. The van der Waals surface area contributed by atoms with Crippen molar-refractivity contribution in [2.24, 2.45) is 5.92 Å². The van der Waals surface area contributed by atoms with Crippen molar-refractivity contribution >= 4 is 5.91 Å². The third-order valence-electron chi connectivity index (χ3n) is 5.01. The van der Waals surface area contributed by atoms with Gasteiger partial charge in [-0.2, -0.15) is 0 Å². The normalized spacial score (nSPS) is 15.7. The summed E-state index contributed by atoms with van der Waals surface area (Å²) in [5, 5.41) is 0. The Morgan fingerprint density at radius 3 is 2.72 bits per heavy atom. The Bertz CT molecular complexity index is 714. The number of likely N-dealkylation sites (tertiary alicyclic amines) is 1. The van der Waals surface area contributed by atoms with Crippen molar-refractivity contribution < 1.29 is 13.9 Å². The summed E-state index contributed by atoms with van der Waals surface area (Å²) in [5.74, 6) is 1.93.